The first-order chi connectivity index (χ1) is 17.0. The van der Waals surface area contributed by atoms with Gasteiger partial charge in [0.25, 0.3) is 5.69 Å². The summed E-state index contributed by atoms with van der Waals surface area (Å²) in [5.74, 6) is -0.706. The second-order valence-electron chi connectivity index (χ2n) is 8.18. The molecule has 0 spiro atoms. The minimum atomic E-state index is -4.37. The number of nitrogens with one attached hydrogen (secondary N) is 2. The molecular formula is C23H20Cl3N3O6S. The number of aromatic nitrogens is 1. The van der Waals surface area contributed by atoms with Gasteiger partial charge in [-0.15, -0.1) is 0 Å². The average molecular weight is 573 g/mol. The van der Waals surface area contributed by atoms with Gasteiger partial charge in [0.05, 0.1) is 38.4 Å². The van der Waals surface area contributed by atoms with E-state index in [2.05, 4.69) is 9.71 Å². The molecule has 0 radical (unpaired) electrons. The summed E-state index contributed by atoms with van der Waals surface area (Å²) in [7, 11) is -4.37. The summed E-state index contributed by atoms with van der Waals surface area (Å²) < 4.78 is 34.6. The summed E-state index contributed by atoms with van der Waals surface area (Å²) in [6, 6.07) is 8.00. The van der Waals surface area contributed by atoms with Crippen LogP contribution in [0.4, 0.5) is 5.69 Å². The molecule has 13 heteroatoms. The molecule has 9 nitrogen and oxygen atoms in total. The Morgan fingerprint density at radius 1 is 1.19 bits per heavy atom. The fraction of sp³-hybridized carbons (Fsp3) is 0.261. The fourth-order valence-electron chi connectivity index (χ4n) is 4.29. The van der Waals surface area contributed by atoms with E-state index in [1.165, 1.54) is 30.5 Å². The SMILES string of the molecule is CCOC(=O)c1c(-c2c(Cl)cc(Cl)cc2Cl)c[nH]c1C1(NS(=O)(=O)c2ccccc2[N+](=O)[O-])CCC1. The molecule has 36 heavy (non-hydrogen) atoms. The number of H-pyrrole nitrogens is 1. The van der Waals surface area contributed by atoms with E-state index in [1.807, 2.05) is 0 Å². The predicted octanol–water partition coefficient (Wildman–Crippen LogP) is 6.08. The molecule has 2 aromatic carbocycles. The molecule has 1 fully saturated rings. The number of carbonyl (C=O) groups excluding carboxylic acids is 1. The maximum atomic E-state index is 13.4. The van der Waals surface area contributed by atoms with Crippen LogP contribution < -0.4 is 4.72 Å². The predicted molar refractivity (Wildman–Crippen MR) is 136 cm³/mol. The molecule has 1 aromatic heterocycles. The number of carbonyl (C=O) groups is 1. The number of para-hydroxylation sites is 1. The Hall–Kier alpha value is -2.63. The van der Waals surface area contributed by atoms with Gasteiger partial charge in [-0.3, -0.25) is 10.1 Å². The zero-order valence-electron chi connectivity index (χ0n) is 18.8. The van der Waals surface area contributed by atoms with Crippen LogP contribution in [0.2, 0.25) is 15.1 Å². The van der Waals surface area contributed by atoms with Gasteiger partial charge in [-0.2, -0.15) is 4.72 Å². The second kappa shape index (κ2) is 10.0. The smallest absolute Gasteiger partial charge is 0.340 e. The topological polar surface area (TPSA) is 131 Å². The standard InChI is InChI=1S/C23H20Cl3N3O6S/c1-2-35-22(30)20-14(19-15(25)10-13(24)11-16(19)26)12-27-21(20)23(8-5-9-23)28-36(33,34)18-7-4-3-6-17(18)29(31)32/h3-4,6-7,10-12,27-28H,2,5,8-9H2,1H3. The molecule has 1 heterocycles. The quantitative estimate of drug-likeness (QED) is 0.191. The molecular weight excluding hydrogens is 553 g/mol. The summed E-state index contributed by atoms with van der Waals surface area (Å²) in [6.07, 6.45) is 2.82. The molecule has 1 aliphatic rings. The van der Waals surface area contributed by atoms with Gasteiger partial charge in [0, 0.05) is 28.4 Å². The number of sulfonamides is 1. The van der Waals surface area contributed by atoms with Crippen LogP contribution in [0.25, 0.3) is 11.1 Å². The Balaban J connectivity index is 1.87. The molecule has 0 amide bonds. The molecule has 1 aliphatic carbocycles. The number of aromatic amines is 1. The van der Waals surface area contributed by atoms with Gasteiger partial charge in [-0.1, -0.05) is 46.9 Å². The van der Waals surface area contributed by atoms with Crippen LogP contribution in [-0.4, -0.2) is 30.9 Å². The van der Waals surface area contributed by atoms with Crippen LogP contribution in [0.3, 0.4) is 0 Å². The number of rotatable bonds is 8. The van der Waals surface area contributed by atoms with Gasteiger partial charge >= 0.3 is 5.97 Å². The molecule has 1 saturated carbocycles. The highest BCUT2D eigenvalue weighted by Crippen LogP contribution is 2.47. The molecule has 0 aliphatic heterocycles. The van der Waals surface area contributed by atoms with Crippen molar-refractivity contribution in [3.05, 3.63) is 79.0 Å². The monoisotopic (exact) mass is 571 g/mol. The van der Waals surface area contributed by atoms with E-state index in [1.54, 1.807) is 6.92 Å². The minimum absolute atomic E-state index is 0.0629. The zero-order chi connectivity index (χ0) is 26.3. The van der Waals surface area contributed by atoms with Gasteiger partial charge in [0.1, 0.15) is 0 Å². The lowest BCUT2D eigenvalue weighted by atomic mass is 9.73. The highest BCUT2D eigenvalue weighted by molar-refractivity contribution is 7.89. The average Bonchev–Trinajstić information content (AvgIpc) is 3.20. The molecule has 4 rings (SSSR count). The summed E-state index contributed by atoms with van der Waals surface area (Å²) in [5.41, 5.74) is -0.846. The summed E-state index contributed by atoms with van der Waals surface area (Å²) in [5, 5.41) is 12.1. The number of nitro groups is 1. The van der Waals surface area contributed by atoms with Gasteiger partial charge in [0.2, 0.25) is 10.0 Å². The van der Waals surface area contributed by atoms with Gasteiger partial charge in [0.15, 0.2) is 4.90 Å². The number of halogens is 3. The molecule has 190 valence electrons. The van der Waals surface area contributed by atoms with Crippen molar-refractivity contribution >= 4 is 56.5 Å². The van der Waals surface area contributed by atoms with Crippen molar-refractivity contribution in [1.29, 1.82) is 0 Å². The number of hydrogen-bond donors (Lipinski definition) is 2. The first kappa shape index (κ1) is 26.4. The summed E-state index contributed by atoms with van der Waals surface area (Å²) >= 11 is 18.9. The third-order valence-electron chi connectivity index (χ3n) is 6.00. The Kier molecular flexibility index (Phi) is 7.36. The molecule has 0 atom stereocenters. The lowest BCUT2D eigenvalue weighted by molar-refractivity contribution is -0.387. The van der Waals surface area contributed by atoms with E-state index in [9.17, 15) is 23.3 Å². The van der Waals surface area contributed by atoms with Gasteiger partial charge < -0.3 is 9.72 Å². The normalized spacial score (nSPS) is 14.8. The highest BCUT2D eigenvalue weighted by Gasteiger charge is 2.47. The molecule has 2 N–H and O–H groups in total. The van der Waals surface area contributed by atoms with Crippen molar-refractivity contribution in [1.82, 2.24) is 9.71 Å². The van der Waals surface area contributed by atoms with Crippen LogP contribution in [0.1, 0.15) is 42.2 Å². The minimum Gasteiger partial charge on any atom is -0.462 e. The van der Waals surface area contributed by atoms with E-state index in [4.69, 9.17) is 39.5 Å². The third kappa shape index (κ3) is 4.71. The molecule has 0 bridgehead atoms. The molecule has 3 aromatic rings. The van der Waals surface area contributed by atoms with Crippen molar-refractivity contribution < 1.29 is 22.9 Å². The van der Waals surface area contributed by atoms with Gasteiger partial charge in [-0.25, -0.2) is 13.2 Å². The van der Waals surface area contributed by atoms with Crippen molar-refractivity contribution in [2.24, 2.45) is 0 Å². The van der Waals surface area contributed by atoms with Gasteiger partial charge in [-0.05, 0) is 44.4 Å². The Bertz CT molecular complexity index is 1440. The van der Waals surface area contributed by atoms with Crippen LogP contribution in [0.15, 0.2) is 47.5 Å². The lowest BCUT2D eigenvalue weighted by Gasteiger charge is -2.42. The van der Waals surface area contributed by atoms with E-state index < -0.39 is 37.0 Å². The van der Waals surface area contributed by atoms with E-state index in [0.29, 0.717) is 35.4 Å². The molecule has 0 unspecified atom stereocenters. The Labute approximate surface area is 221 Å². The Morgan fingerprint density at radius 3 is 2.39 bits per heavy atom. The first-order valence-electron chi connectivity index (χ1n) is 10.8. The van der Waals surface area contributed by atoms with E-state index >= 15 is 0 Å². The first-order valence-corrected chi connectivity index (χ1v) is 13.4. The van der Waals surface area contributed by atoms with E-state index in [0.717, 1.165) is 12.1 Å². The largest absolute Gasteiger partial charge is 0.462 e. The number of benzene rings is 2. The number of ether oxygens (including phenoxy) is 1. The maximum absolute atomic E-state index is 13.4. The summed E-state index contributed by atoms with van der Waals surface area (Å²) in [4.78, 5) is 26.4. The van der Waals surface area contributed by atoms with Crippen LogP contribution in [0, 0.1) is 10.1 Å². The van der Waals surface area contributed by atoms with Crippen LogP contribution in [0.5, 0.6) is 0 Å². The van der Waals surface area contributed by atoms with Crippen molar-refractivity contribution in [3.63, 3.8) is 0 Å². The second-order valence-corrected chi connectivity index (χ2v) is 11.1. The van der Waals surface area contributed by atoms with Crippen LogP contribution >= 0.6 is 34.8 Å². The molecule has 0 saturated heterocycles. The summed E-state index contributed by atoms with van der Waals surface area (Å²) in [6.45, 7) is 1.71. The number of nitro benzene ring substituents is 1. The lowest BCUT2D eigenvalue weighted by Crippen LogP contribution is -2.51. The number of nitrogens with zero attached hydrogens (tertiary/aromatic N) is 1. The van der Waals surface area contributed by atoms with Crippen LogP contribution in [-0.2, 0) is 20.3 Å². The fourth-order valence-corrected chi connectivity index (χ4v) is 6.92. The van der Waals surface area contributed by atoms with Crippen molar-refractivity contribution in [2.45, 2.75) is 36.6 Å². The van der Waals surface area contributed by atoms with E-state index in [-0.39, 0.29) is 27.9 Å². The zero-order valence-corrected chi connectivity index (χ0v) is 21.9. The van der Waals surface area contributed by atoms with Crippen molar-refractivity contribution in [2.75, 3.05) is 6.61 Å². The highest BCUT2D eigenvalue weighted by atomic mass is 35.5. The number of esters is 1. The third-order valence-corrected chi connectivity index (χ3v) is 8.40. The number of hydrogen-bond acceptors (Lipinski definition) is 6. The Morgan fingerprint density at radius 2 is 1.83 bits per heavy atom. The maximum Gasteiger partial charge on any atom is 0.340 e. The van der Waals surface area contributed by atoms with Crippen molar-refractivity contribution in [3.8, 4) is 11.1 Å².